The first-order valence-electron chi connectivity index (χ1n) is 11.2. The Morgan fingerprint density at radius 3 is 2.78 bits per heavy atom. The lowest BCUT2D eigenvalue weighted by Crippen LogP contribution is -2.36. The highest BCUT2D eigenvalue weighted by Gasteiger charge is 2.30. The summed E-state index contributed by atoms with van der Waals surface area (Å²) in [4.78, 5) is 23.0. The number of rotatable bonds is 11. The number of likely N-dealkylation sites (N-methyl/N-ethyl adjacent to an activating group) is 1. The van der Waals surface area contributed by atoms with E-state index >= 15 is 0 Å². The van der Waals surface area contributed by atoms with Gasteiger partial charge < -0.3 is 15.0 Å². The van der Waals surface area contributed by atoms with Gasteiger partial charge in [-0.05, 0) is 62.5 Å². The summed E-state index contributed by atoms with van der Waals surface area (Å²) in [5.41, 5.74) is 1.65. The summed E-state index contributed by atoms with van der Waals surface area (Å²) >= 11 is 0. The summed E-state index contributed by atoms with van der Waals surface area (Å²) in [6.45, 7) is 4.68. The van der Waals surface area contributed by atoms with Gasteiger partial charge in [-0.1, -0.05) is 25.5 Å². The van der Waals surface area contributed by atoms with Crippen LogP contribution in [0.1, 0.15) is 49.8 Å². The van der Waals surface area contributed by atoms with Crippen molar-refractivity contribution in [1.29, 1.82) is 5.26 Å². The Labute approximate surface area is 190 Å². The van der Waals surface area contributed by atoms with Gasteiger partial charge in [0.1, 0.15) is 30.3 Å². The number of nitriles is 1. The third-order valence-corrected chi connectivity index (χ3v) is 5.73. The van der Waals surface area contributed by atoms with Crippen LogP contribution < -0.4 is 10.1 Å². The van der Waals surface area contributed by atoms with E-state index in [-0.39, 0.29) is 17.5 Å². The molecule has 1 amide bonds. The Hall–Kier alpha value is -3.24. The van der Waals surface area contributed by atoms with Crippen LogP contribution in [-0.4, -0.2) is 47.5 Å². The lowest BCUT2D eigenvalue weighted by Gasteiger charge is -2.34. The van der Waals surface area contributed by atoms with Gasteiger partial charge in [0.2, 0.25) is 0 Å². The first kappa shape index (κ1) is 23.4. The maximum absolute atomic E-state index is 12.9. The molecule has 1 aliphatic rings. The van der Waals surface area contributed by atoms with Crippen LogP contribution in [0.4, 0.5) is 0 Å². The van der Waals surface area contributed by atoms with E-state index in [1.807, 2.05) is 30.3 Å². The second-order valence-electron chi connectivity index (χ2n) is 8.21. The van der Waals surface area contributed by atoms with E-state index < -0.39 is 0 Å². The largest absolute Gasteiger partial charge is 0.492 e. The van der Waals surface area contributed by atoms with Crippen LogP contribution in [0.3, 0.4) is 0 Å². The third kappa shape index (κ3) is 6.63. The first-order valence-corrected chi connectivity index (χ1v) is 11.2. The number of nitrogens with one attached hydrogen (secondary N) is 1. The topological polar surface area (TPSA) is 91.1 Å². The minimum Gasteiger partial charge on any atom is -0.492 e. The van der Waals surface area contributed by atoms with E-state index in [9.17, 15) is 10.1 Å². The Morgan fingerprint density at radius 2 is 2.12 bits per heavy atom. The van der Waals surface area contributed by atoms with E-state index in [0.717, 1.165) is 50.1 Å². The molecule has 1 fully saturated rings. The average molecular weight is 434 g/mol. The summed E-state index contributed by atoms with van der Waals surface area (Å²) in [7, 11) is 2.09. The van der Waals surface area contributed by atoms with Crippen molar-refractivity contribution in [1.82, 2.24) is 20.2 Å². The summed E-state index contributed by atoms with van der Waals surface area (Å²) in [5.74, 6) is 0.758. The van der Waals surface area contributed by atoms with Crippen molar-refractivity contribution < 1.29 is 9.53 Å². The predicted molar refractivity (Wildman–Crippen MR) is 124 cm³/mol. The Balaban J connectivity index is 1.71. The highest BCUT2D eigenvalue weighted by molar-refractivity contribution is 6.01. The molecule has 1 saturated carbocycles. The molecule has 1 aliphatic carbocycles. The van der Waals surface area contributed by atoms with E-state index in [2.05, 4.69) is 34.2 Å². The lowest BCUT2D eigenvalue weighted by molar-refractivity contribution is -0.118. The molecular weight excluding hydrogens is 402 g/mol. The van der Waals surface area contributed by atoms with E-state index in [1.165, 1.54) is 12.4 Å². The Kier molecular flexibility index (Phi) is 8.76. The molecule has 1 heterocycles. The third-order valence-electron chi connectivity index (χ3n) is 5.73. The number of nitrogens with zero attached hydrogens (tertiary/aromatic N) is 4. The zero-order valence-electron chi connectivity index (χ0n) is 18.8. The number of carbonyl (C=O) groups excluding carboxylic acids is 1. The fourth-order valence-electron chi connectivity index (χ4n) is 3.78. The SMILES string of the molecule is CCCN(C)CCOc1cccc(C(NC(=O)/C(C#N)=C/c2cncnc2)C2CCC2)c1. The fourth-order valence-corrected chi connectivity index (χ4v) is 3.78. The molecule has 32 heavy (non-hydrogen) atoms. The second kappa shape index (κ2) is 12.0. The zero-order chi connectivity index (χ0) is 22.8. The molecule has 0 bridgehead atoms. The standard InChI is InChI=1S/C25H31N5O2/c1-3-10-30(2)11-12-32-23-9-5-8-21(14-23)24(20-6-4-7-20)29-25(31)22(15-26)13-19-16-27-18-28-17-19/h5,8-9,13-14,16-18,20,24H,3-4,6-7,10-12H2,1-2H3,(H,29,31)/b22-13+. The molecule has 1 aromatic heterocycles. The first-order chi connectivity index (χ1) is 15.6. The van der Waals surface area contributed by atoms with Gasteiger partial charge in [0.05, 0.1) is 6.04 Å². The minimum absolute atomic E-state index is 0.0375. The molecular formula is C25H31N5O2. The van der Waals surface area contributed by atoms with Crippen molar-refractivity contribution in [3.8, 4) is 11.8 Å². The number of benzene rings is 1. The van der Waals surface area contributed by atoms with Gasteiger partial charge >= 0.3 is 0 Å². The van der Waals surface area contributed by atoms with Gasteiger partial charge in [0.25, 0.3) is 5.91 Å². The van der Waals surface area contributed by atoms with Gasteiger partial charge in [0, 0.05) is 24.5 Å². The molecule has 0 radical (unpaired) electrons. The second-order valence-corrected chi connectivity index (χ2v) is 8.21. The molecule has 0 aliphatic heterocycles. The van der Waals surface area contributed by atoms with Crippen LogP contribution in [-0.2, 0) is 4.79 Å². The molecule has 7 heteroatoms. The number of carbonyl (C=O) groups is 1. The molecule has 0 spiro atoms. The maximum atomic E-state index is 12.9. The van der Waals surface area contributed by atoms with Crippen molar-refractivity contribution in [2.75, 3.05) is 26.7 Å². The van der Waals surface area contributed by atoms with Crippen LogP contribution in [0, 0.1) is 17.2 Å². The zero-order valence-corrected chi connectivity index (χ0v) is 18.8. The highest BCUT2D eigenvalue weighted by Crippen LogP contribution is 2.38. The van der Waals surface area contributed by atoms with Crippen LogP contribution in [0.15, 0.2) is 48.6 Å². The van der Waals surface area contributed by atoms with Crippen molar-refractivity contribution in [3.63, 3.8) is 0 Å². The highest BCUT2D eigenvalue weighted by atomic mass is 16.5. The Bertz CT molecular complexity index is 950. The van der Waals surface area contributed by atoms with Crippen molar-refractivity contribution in [2.45, 2.75) is 38.6 Å². The molecule has 1 unspecified atom stereocenters. The van der Waals surface area contributed by atoms with E-state index in [4.69, 9.17) is 4.74 Å². The van der Waals surface area contributed by atoms with Gasteiger partial charge in [-0.2, -0.15) is 5.26 Å². The number of hydrogen-bond donors (Lipinski definition) is 1. The van der Waals surface area contributed by atoms with Crippen LogP contribution in [0.5, 0.6) is 5.75 Å². The van der Waals surface area contributed by atoms with E-state index in [1.54, 1.807) is 12.4 Å². The van der Waals surface area contributed by atoms with E-state index in [0.29, 0.717) is 18.1 Å². The lowest BCUT2D eigenvalue weighted by atomic mass is 9.77. The maximum Gasteiger partial charge on any atom is 0.262 e. The molecule has 3 rings (SSSR count). The minimum atomic E-state index is -0.388. The molecule has 0 saturated heterocycles. The van der Waals surface area contributed by atoms with Gasteiger partial charge in [0.15, 0.2) is 0 Å². The summed E-state index contributed by atoms with van der Waals surface area (Å²) in [6.07, 6.45) is 10.4. The molecule has 7 nitrogen and oxygen atoms in total. The average Bonchev–Trinajstić information content (AvgIpc) is 2.77. The normalized spacial score (nSPS) is 15.0. The van der Waals surface area contributed by atoms with Crippen molar-refractivity contribution in [3.05, 3.63) is 59.7 Å². The van der Waals surface area contributed by atoms with Crippen LogP contribution in [0.2, 0.25) is 0 Å². The van der Waals surface area contributed by atoms with Gasteiger partial charge in [-0.25, -0.2) is 9.97 Å². The van der Waals surface area contributed by atoms with Crippen molar-refractivity contribution in [2.24, 2.45) is 5.92 Å². The number of ether oxygens (including phenoxy) is 1. The predicted octanol–water partition coefficient (Wildman–Crippen LogP) is 3.76. The molecule has 1 atom stereocenters. The number of aromatic nitrogens is 2. The summed E-state index contributed by atoms with van der Waals surface area (Å²) in [5, 5.41) is 12.6. The fraction of sp³-hybridized carbons (Fsp3) is 0.440. The smallest absolute Gasteiger partial charge is 0.262 e. The molecule has 2 aromatic rings. The summed E-state index contributed by atoms with van der Waals surface area (Å²) < 4.78 is 5.97. The summed E-state index contributed by atoms with van der Waals surface area (Å²) in [6, 6.07) is 9.77. The van der Waals surface area contributed by atoms with Crippen LogP contribution >= 0.6 is 0 Å². The van der Waals surface area contributed by atoms with Crippen molar-refractivity contribution >= 4 is 12.0 Å². The molecule has 1 aromatic carbocycles. The number of amides is 1. The molecule has 1 N–H and O–H groups in total. The quantitative estimate of drug-likeness (QED) is 0.429. The van der Waals surface area contributed by atoms with Gasteiger partial charge in [-0.3, -0.25) is 4.79 Å². The Morgan fingerprint density at radius 1 is 1.34 bits per heavy atom. The monoisotopic (exact) mass is 433 g/mol. The van der Waals surface area contributed by atoms with Crippen LogP contribution in [0.25, 0.3) is 6.08 Å². The van der Waals surface area contributed by atoms with Gasteiger partial charge in [-0.15, -0.1) is 0 Å². The molecule has 168 valence electrons. The number of hydrogen-bond acceptors (Lipinski definition) is 6.